The van der Waals surface area contributed by atoms with Crippen LogP contribution in [-0.4, -0.2) is 29.1 Å². The summed E-state index contributed by atoms with van der Waals surface area (Å²) in [5.74, 6) is 1.98. The molecule has 27 heavy (non-hydrogen) atoms. The maximum Gasteiger partial charge on any atom is 0.176 e. The molecule has 0 aliphatic carbocycles. The van der Waals surface area contributed by atoms with E-state index in [0.717, 1.165) is 11.3 Å². The van der Waals surface area contributed by atoms with E-state index in [9.17, 15) is 0 Å². The van der Waals surface area contributed by atoms with Gasteiger partial charge in [0.05, 0.1) is 26.5 Å². The largest absolute Gasteiger partial charge is 0.497 e. The Morgan fingerprint density at radius 1 is 1.07 bits per heavy atom. The fourth-order valence-corrected chi connectivity index (χ4v) is 2.81. The average Bonchev–Trinajstić information content (AvgIpc) is 3.10. The van der Waals surface area contributed by atoms with E-state index in [1.807, 2.05) is 53.3 Å². The van der Waals surface area contributed by atoms with E-state index in [2.05, 4.69) is 15.7 Å². The topological polar surface area (TPSA) is 60.3 Å². The van der Waals surface area contributed by atoms with Crippen molar-refractivity contribution in [3.63, 3.8) is 0 Å². The second kappa shape index (κ2) is 8.75. The van der Waals surface area contributed by atoms with Crippen molar-refractivity contribution in [2.75, 3.05) is 24.9 Å². The number of ether oxygens (including phenoxy) is 2. The van der Waals surface area contributed by atoms with Crippen molar-refractivity contribution in [2.24, 2.45) is 0 Å². The quantitative estimate of drug-likeness (QED) is 0.595. The number of rotatable bonds is 6. The monoisotopic (exact) mass is 402 g/mol. The van der Waals surface area contributed by atoms with Gasteiger partial charge < -0.3 is 20.1 Å². The molecule has 140 valence electrons. The standard InChI is InChI=1S/C19H19ClN4O2S/c1-25-15-7-8-16(17(11-15)26-2)21-19(27)22-18-9-10-24(23-18)12-13-3-5-14(20)6-4-13/h3-11H,12H2,1-2H3,(H2,21,22,23,27). The first kappa shape index (κ1) is 19.0. The molecule has 0 amide bonds. The van der Waals surface area contributed by atoms with Gasteiger partial charge in [0.25, 0.3) is 0 Å². The predicted octanol–water partition coefficient (Wildman–Crippen LogP) is 4.41. The number of nitrogens with zero attached hydrogens (tertiary/aromatic N) is 2. The van der Waals surface area contributed by atoms with Crippen LogP contribution < -0.4 is 20.1 Å². The van der Waals surface area contributed by atoms with Gasteiger partial charge in [0, 0.05) is 23.4 Å². The maximum atomic E-state index is 5.91. The van der Waals surface area contributed by atoms with Gasteiger partial charge in [0.1, 0.15) is 11.5 Å². The molecular weight excluding hydrogens is 384 g/mol. The smallest absolute Gasteiger partial charge is 0.176 e. The van der Waals surface area contributed by atoms with Gasteiger partial charge in [-0.1, -0.05) is 23.7 Å². The minimum atomic E-state index is 0.412. The summed E-state index contributed by atoms with van der Waals surface area (Å²) in [5, 5.41) is 11.8. The Bertz CT molecular complexity index is 928. The van der Waals surface area contributed by atoms with Crippen LogP contribution in [0.4, 0.5) is 11.5 Å². The molecule has 0 saturated heterocycles. The molecule has 6 nitrogen and oxygen atoms in total. The Morgan fingerprint density at radius 3 is 2.56 bits per heavy atom. The van der Waals surface area contributed by atoms with E-state index in [-0.39, 0.29) is 0 Å². The van der Waals surface area contributed by atoms with Crippen molar-refractivity contribution in [2.45, 2.75) is 6.54 Å². The number of benzene rings is 2. The van der Waals surface area contributed by atoms with Gasteiger partial charge in [0.15, 0.2) is 10.9 Å². The number of anilines is 2. The third-order valence-electron chi connectivity index (χ3n) is 3.80. The highest BCUT2D eigenvalue weighted by molar-refractivity contribution is 7.80. The van der Waals surface area contributed by atoms with Crippen LogP contribution in [0.15, 0.2) is 54.7 Å². The third kappa shape index (κ3) is 5.12. The van der Waals surface area contributed by atoms with Gasteiger partial charge in [-0.15, -0.1) is 0 Å². The lowest BCUT2D eigenvalue weighted by Crippen LogP contribution is -2.20. The van der Waals surface area contributed by atoms with Gasteiger partial charge in [0.2, 0.25) is 0 Å². The van der Waals surface area contributed by atoms with Crippen molar-refractivity contribution in [1.29, 1.82) is 0 Å². The first-order chi connectivity index (χ1) is 13.1. The van der Waals surface area contributed by atoms with E-state index >= 15 is 0 Å². The van der Waals surface area contributed by atoms with E-state index < -0.39 is 0 Å². The molecule has 0 fully saturated rings. The fraction of sp³-hybridized carbons (Fsp3) is 0.158. The second-order valence-electron chi connectivity index (χ2n) is 5.67. The zero-order valence-electron chi connectivity index (χ0n) is 14.9. The van der Waals surface area contributed by atoms with Crippen molar-refractivity contribution < 1.29 is 9.47 Å². The zero-order valence-corrected chi connectivity index (χ0v) is 16.5. The summed E-state index contributed by atoms with van der Waals surface area (Å²) in [5.41, 5.74) is 1.84. The molecule has 0 saturated carbocycles. The molecule has 0 atom stereocenters. The van der Waals surface area contributed by atoms with Gasteiger partial charge in [-0.3, -0.25) is 4.68 Å². The summed E-state index contributed by atoms with van der Waals surface area (Å²) in [7, 11) is 3.20. The van der Waals surface area contributed by atoms with Crippen LogP contribution in [0.25, 0.3) is 0 Å². The Balaban J connectivity index is 1.61. The fourth-order valence-electron chi connectivity index (χ4n) is 2.46. The number of thiocarbonyl (C=S) groups is 1. The summed E-state index contributed by atoms with van der Waals surface area (Å²) >= 11 is 11.3. The second-order valence-corrected chi connectivity index (χ2v) is 6.52. The van der Waals surface area contributed by atoms with Crippen molar-refractivity contribution in [3.8, 4) is 11.5 Å². The van der Waals surface area contributed by atoms with Crippen LogP contribution in [0.3, 0.4) is 0 Å². The lowest BCUT2D eigenvalue weighted by atomic mass is 10.2. The minimum Gasteiger partial charge on any atom is -0.497 e. The van der Waals surface area contributed by atoms with Gasteiger partial charge >= 0.3 is 0 Å². The third-order valence-corrected chi connectivity index (χ3v) is 4.25. The summed E-state index contributed by atoms with van der Waals surface area (Å²) < 4.78 is 12.4. The van der Waals surface area contributed by atoms with Gasteiger partial charge in [-0.2, -0.15) is 5.10 Å². The van der Waals surface area contributed by atoms with Crippen LogP contribution in [0.5, 0.6) is 11.5 Å². The molecule has 0 spiro atoms. The molecule has 0 aliphatic rings. The lowest BCUT2D eigenvalue weighted by molar-refractivity contribution is 0.395. The van der Waals surface area contributed by atoms with Crippen molar-refractivity contribution in [1.82, 2.24) is 9.78 Å². The Morgan fingerprint density at radius 2 is 1.85 bits per heavy atom. The number of nitrogens with one attached hydrogen (secondary N) is 2. The van der Waals surface area contributed by atoms with Crippen LogP contribution >= 0.6 is 23.8 Å². The summed E-state index contributed by atoms with van der Waals surface area (Å²) in [6.07, 6.45) is 1.88. The van der Waals surface area contributed by atoms with E-state index in [0.29, 0.717) is 34.0 Å². The summed E-state index contributed by atoms with van der Waals surface area (Å²) in [6, 6.07) is 15.0. The molecule has 1 heterocycles. The molecular formula is C19H19ClN4O2S. The van der Waals surface area contributed by atoms with Crippen LogP contribution in [0.1, 0.15) is 5.56 Å². The first-order valence-electron chi connectivity index (χ1n) is 8.15. The molecule has 8 heteroatoms. The minimum absolute atomic E-state index is 0.412. The van der Waals surface area contributed by atoms with E-state index in [1.165, 1.54) is 0 Å². The number of halogens is 1. The molecule has 1 aromatic heterocycles. The average molecular weight is 403 g/mol. The maximum absolute atomic E-state index is 5.91. The van der Waals surface area contributed by atoms with E-state index in [4.69, 9.17) is 33.3 Å². The van der Waals surface area contributed by atoms with Crippen LogP contribution in [-0.2, 0) is 6.54 Å². The molecule has 3 rings (SSSR count). The molecule has 2 N–H and O–H groups in total. The van der Waals surface area contributed by atoms with Crippen LogP contribution in [0, 0.1) is 0 Å². The Hall–Kier alpha value is -2.77. The highest BCUT2D eigenvalue weighted by Gasteiger charge is 2.08. The molecule has 0 aliphatic heterocycles. The predicted molar refractivity (Wildman–Crippen MR) is 112 cm³/mol. The van der Waals surface area contributed by atoms with Crippen molar-refractivity contribution >= 4 is 40.4 Å². The highest BCUT2D eigenvalue weighted by atomic mass is 35.5. The van der Waals surface area contributed by atoms with E-state index in [1.54, 1.807) is 20.3 Å². The Labute approximate surface area is 168 Å². The highest BCUT2D eigenvalue weighted by Crippen LogP contribution is 2.29. The van der Waals surface area contributed by atoms with Gasteiger partial charge in [-0.25, -0.2) is 0 Å². The number of aromatic nitrogens is 2. The lowest BCUT2D eigenvalue weighted by Gasteiger charge is -2.13. The molecule has 2 aromatic carbocycles. The zero-order chi connectivity index (χ0) is 19.2. The molecule has 0 bridgehead atoms. The first-order valence-corrected chi connectivity index (χ1v) is 8.94. The summed E-state index contributed by atoms with van der Waals surface area (Å²) in [4.78, 5) is 0. The number of hydrogen-bond donors (Lipinski definition) is 2. The van der Waals surface area contributed by atoms with Crippen molar-refractivity contribution in [3.05, 3.63) is 65.3 Å². The summed E-state index contributed by atoms with van der Waals surface area (Å²) in [6.45, 7) is 0.644. The van der Waals surface area contributed by atoms with Gasteiger partial charge in [-0.05, 0) is 42.0 Å². The van der Waals surface area contributed by atoms with Crippen LogP contribution in [0.2, 0.25) is 5.02 Å². The normalized spacial score (nSPS) is 10.3. The SMILES string of the molecule is COc1ccc(NC(=S)Nc2ccn(Cc3ccc(Cl)cc3)n2)c(OC)c1. The molecule has 0 unspecified atom stereocenters. The number of hydrogen-bond acceptors (Lipinski definition) is 4. The Kier molecular flexibility index (Phi) is 6.16. The molecule has 0 radical (unpaired) electrons. The number of methoxy groups -OCH3 is 2. The molecule has 3 aromatic rings.